The van der Waals surface area contributed by atoms with Crippen molar-refractivity contribution in [1.82, 2.24) is 4.90 Å². The number of hydrogen-bond acceptors (Lipinski definition) is 4. The van der Waals surface area contributed by atoms with Gasteiger partial charge in [-0.25, -0.2) is 0 Å². The predicted molar refractivity (Wildman–Crippen MR) is 120 cm³/mol. The molecule has 0 unspecified atom stereocenters. The number of hydrogen-bond donors (Lipinski definition) is 0. The number of amides is 1. The quantitative estimate of drug-likeness (QED) is 0.586. The van der Waals surface area contributed by atoms with E-state index in [2.05, 4.69) is 22.6 Å². The van der Waals surface area contributed by atoms with Gasteiger partial charge in [0.05, 0.1) is 5.69 Å². The molecule has 2 aliphatic rings. The van der Waals surface area contributed by atoms with Crippen LogP contribution in [0, 0.1) is 3.57 Å². The molecule has 1 aliphatic carbocycles. The fourth-order valence-electron chi connectivity index (χ4n) is 4.05. The zero-order valence-corrected chi connectivity index (χ0v) is 18.3. The number of likely N-dealkylation sites (tertiary alicyclic amines) is 1. The number of anilines is 1. The van der Waals surface area contributed by atoms with E-state index in [9.17, 15) is 14.4 Å². The Morgan fingerprint density at radius 1 is 0.931 bits per heavy atom. The van der Waals surface area contributed by atoms with Crippen molar-refractivity contribution >= 4 is 45.8 Å². The molecule has 0 aromatic heterocycles. The Kier molecular flexibility index (Phi) is 5.54. The molecule has 0 atom stereocenters. The van der Waals surface area contributed by atoms with E-state index in [0.717, 1.165) is 22.8 Å². The first-order chi connectivity index (χ1) is 14.0. The Bertz CT molecular complexity index is 1040. The normalized spacial score (nSPS) is 16.7. The topological polar surface area (TPSA) is 57.7 Å². The molecule has 2 aromatic carbocycles. The third-order valence-corrected chi connectivity index (χ3v) is 6.02. The average molecular weight is 500 g/mol. The smallest absolute Gasteiger partial charge is 0.228 e. The van der Waals surface area contributed by atoms with E-state index in [1.54, 1.807) is 30.3 Å². The third kappa shape index (κ3) is 3.61. The van der Waals surface area contributed by atoms with Crippen molar-refractivity contribution in [2.75, 3.05) is 18.0 Å². The molecule has 0 N–H and O–H groups in total. The summed E-state index contributed by atoms with van der Waals surface area (Å²) < 4.78 is 0.946. The van der Waals surface area contributed by atoms with Gasteiger partial charge in [0, 0.05) is 34.7 Å². The predicted octanol–water partition coefficient (Wildman–Crippen LogP) is 4.42. The number of Topliss-reactive ketones (excluding diaryl/α,β-unsaturated/α-hetero) is 2. The van der Waals surface area contributed by atoms with Gasteiger partial charge in [0.2, 0.25) is 17.5 Å². The molecule has 5 nitrogen and oxygen atoms in total. The Morgan fingerprint density at radius 2 is 1.59 bits per heavy atom. The van der Waals surface area contributed by atoms with Crippen molar-refractivity contribution in [2.24, 2.45) is 0 Å². The van der Waals surface area contributed by atoms with Crippen molar-refractivity contribution in [3.05, 3.63) is 74.6 Å². The van der Waals surface area contributed by atoms with Crippen LogP contribution in [-0.2, 0) is 4.79 Å². The molecule has 0 saturated carbocycles. The van der Waals surface area contributed by atoms with Gasteiger partial charge in [-0.1, -0.05) is 30.3 Å². The molecule has 2 aromatic rings. The first-order valence-corrected chi connectivity index (χ1v) is 10.8. The second-order valence-corrected chi connectivity index (χ2v) is 8.53. The van der Waals surface area contributed by atoms with Crippen LogP contribution in [0.25, 0.3) is 0 Å². The van der Waals surface area contributed by atoms with Gasteiger partial charge in [-0.3, -0.25) is 19.3 Å². The van der Waals surface area contributed by atoms with Gasteiger partial charge in [0.15, 0.2) is 0 Å². The minimum absolute atomic E-state index is 0.171. The number of ketones is 2. The Balaban J connectivity index is 1.96. The third-order valence-electron chi connectivity index (χ3n) is 5.35. The number of benzene rings is 2. The van der Waals surface area contributed by atoms with Crippen LogP contribution >= 0.6 is 22.6 Å². The second-order valence-electron chi connectivity index (χ2n) is 7.28. The van der Waals surface area contributed by atoms with Crippen LogP contribution in [0.3, 0.4) is 0 Å². The summed E-state index contributed by atoms with van der Waals surface area (Å²) in [5, 5.41) is 0. The number of fused-ring (bicyclic) bond motifs is 1. The minimum atomic E-state index is -0.294. The molecule has 1 aliphatic heterocycles. The van der Waals surface area contributed by atoms with E-state index in [1.165, 1.54) is 11.8 Å². The minimum Gasteiger partial charge on any atom is -0.367 e. The van der Waals surface area contributed by atoms with Crippen LogP contribution in [0.2, 0.25) is 0 Å². The lowest BCUT2D eigenvalue weighted by Gasteiger charge is -2.36. The van der Waals surface area contributed by atoms with E-state index < -0.39 is 0 Å². The maximum absolute atomic E-state index is 13.6. The number of halogens is 1. The lowest BCUT2D eigenvalue weighted by molar-refractivity contribution is -0.116. The van der Waals surface area contributed by atoms with Crippen molar-refractivity contribution in [1.29, 1.82) is 0 Å². The van der Waals surface area contributed by atoms with Crippen molar-refractivity contribution < 1.29 is 14.4 Å². The van der Waals surface area contributed by atoms with E-state index in [0.29, 0.717) is 35.6 Å². The van der Waals surface area contributed by atoms with Gasteiger partial charge >= 0.3 is 0 Å². The number of rotatable bonds is 3. The van der Waals surface area contributed by atoms with Gasteiger partial charge in [-0.15, -0.1) is 0 Å². The maximum Gasteiger partial charge on any atom is 0.228 e. The number of piperidine rings is 1. The summed E-state index contributed by atoms with van der Waals surface area (Å²) in [5.41, 5.74) is 1.88. The van der Waals surface area contributed by atoms with Gasteiger partial charge in [0.25, 0.3) is 0 Å². The van der Waals surface area contributed by atoms with Crippen LogP contribution in [0.15, 0.2) is 59.9 Å². The highest BCUT2D eigenvalue weighted by molar-refractivity contribution is 14.1. The lowest BCUT2D eigenvalue weighted by atomic mass is 9.88. The first-order valence-electron chi connectivity index (χ1n) is 9.73. The summed E-state index contributed by atoms with van der Waals surface area (Å²) in [6, 6.07) is 14.3. The highest BCUT2D eigenvalue weighted by Crippen LogP contribution is 2.34. The summed E-state index contributed by atoms with van der Waals surface area (Å²) in [7, 11) is 0. The molecule has 0 bridgehead atoms. The van der Waals surface area contributed by atoms with E-state index in [1.807, 2.05) is 23.1 Å². The molecule has 1 saturated heterocycles. The Labute approximate surface area is 183 Å². The van der Waals surface area contributed by atoms with Gasteiger partial charge in [-0.05, 0) is 60.1 Å². The zero-order valence-electron chi connectivity index (χ0n) is 16.2. The van der Waals surface area contributed by atoms with Crippen LogP contribution in [0.1, 0.15) is 46.9 Å². The Hall–Kier alpha value is -2.48. The summed E-state index contributed by atoms with van der Waals surface area (Å²) in [5.74, 6) is -0.763. The second kappa shape index (κ2) is 8.10. The number of nitrogens with zero attached hydrogens (tertiary/aromatic N) is 2. The fourth-order valence-corrected chi connectivity index (χ4v) is 4.58. The van der Waals surface area contributed by atoms with Crippen LogP contribution in [-0.4, -0.2) is 35.5 Å². The largest absolute Gasteiger partial charge is 0.367 e. The van der Waals surface area contributed by atoms with E-state index >= 15 is 0 Å². The standard InChI is InChI=1S/C23H21IN2O3/c1-15(27)26(17-9-7-8-16(24)14-17)21-20(25-12-5-2-6-13-25)22(28)18-10-3-4-11-19(18)23(21)29/h3-4,7-11,14H,2,5-6,12-13H2,1H3. The van der Waals surface area contributed by atoms with Crippen molar-refractivity contribution in [2.45, 2.75) is 26.2 Å². The molecular weight excluding hydrogens is 479 g/mol. The average Bonchev–Trinajstić information content (AvgIpc) is 2.72. The SMILES string of the molecule is CC(=O)N(C1=C(N2CCCCC2)C(=O)c2ccccc2C1=O)c1cccc(I)c1. The summed E-state index contributed by atoms with van der Waals surface area (Å²) in [6.07, 6.45) is 3.03. The maximum atomic E-state index is 13.6. The highest BCUT2D eigenvalue weighted by Gasteiger charge is 2.39. The van der Waals surface area contributed by atoms with E-state index in [4.69, 9.17) is 0 Å². The van der Waals surface area contributed by atoms with Crippen LogP contribution in [0.4, 0.5) is 5.69 Å². The lowest BCUT2D eigenvalue weighted by Crippen LogP contribution is -2.43. The van der Waals surface area contributed by atoms with Gasteiger partial charge in [-0.2, -0.15) is 0 Å². The zero-order chi connectivity index (χ0) is 20.5. The number of allylic oxidation sites excluding steroid dienone is 2. The monoisotopic (exact) mass is 500 g/mol. The molecule has 4 rings (SSSR count). The van der Waals surface area contributed by atoms with E-state index in [-0.39, 0.29) is 23.2 Å². The molecule has 29 heavy (non-hydrogen) atoms. The van der Waals surface area contributed by atoms with Crippen molar-refractivity contribution in [3.8, 4) is 0 Å². The number of carbonyl (C=O) groups excluding carboxylic acids is 3. The first kappa shape index (κ1) is 19.8. The fraction of sp³-hybridized carbons (Fsp3) is 0.261. The highest BCUT2D eigenvalue weighted by atomic mass is 127. The summed E-state index contributed by atoms with van der Waals surface area (Å²) in [6.45, 7) is 2.84. The Morgan fingerprint density at radius 3 is 2.21 bits per heavy atom. The van der Waals surface area contributed by atoms with Crippen molar-refractivity contribution in [3.63, 3.8) is 0 Å². The van der Waals surface area contributed by atoms with Gasteiger partial charge in [0.1, 0.15) is 11.4 Å². The molecule has 1 heterocycles. The molecule has 1 amide bonds. The van der Waals surface area contributed by atoms with Crippen LogP contribution < -0.4 is 4.90 Å². The summed E-state index contributed by atoms with van der Waals surface area (Å²) in [4.78, 5) is 43.2. The molecule has 0 radical (unpaired) electrons. The molecule has 0 spiro atoms. The summed E-state index contributed by atoms with van der Waals surface area (Å²) >= 11 is 2.17. The molecule has 1 fully saturated rings. The van der Waals surface area contributed by atoms with Crippen LogP contribution in [0.5, 0.6) is 0 Å². The molecule has 6 heteroatoms. The van der Waals surface area contributed by atoms with Gasteiger partial charge < -0.3 is 4.90 Å². The number of carbonyl (C=O) groups is 3. The molecule has 148 valence electrons. The molecular formula is C23H21IN2O3.